The maximum absolute atomic E-state index is 4.34. The zero-order valence-electron chi connectivity index (χ0n) is 11.0. The molecule has 0 unspecified atom stereocenters. The van der Waals surface area contributed by atoms with Crippen LogP contribution in [0.15, 0.2) is 23.2 Å². The first-order valence-electron chi connectivity index (χ1n) is 6.62. The normalized spacial score (nSPS) is 15.5. The molecule has 0 spiro atoms. The van der Waals surface area contributed by atoms with E-state index in [2.05, 4.69) is 47.6 Å². The lowest BCUT2D eigenvalue weighted by molar-refractivity contribution is 0.321. The third-order valence-corrected chi connectivity index (χ3v) is 3.97. The Hall–Kier alpha value is -0.980. The van der Waals surface area contributed by atoms with Crippen molar-refractivity contribution < 1.29 is 0 Å². The number of halogens is 1. The SMILES string of the molecule is CN(CCNCc1cnc2cnc(Br)cn12)C1CC1. The number of fused-ring (bicyclic) bond motifs is 1. The molecule has 3 rings (SSSR count). The fraction of sp³-hybridized carbons (Fsp3) is 0.538. The minimum atomic E-state index is 0.827. The van der Waals surface area contributed by atoms with Gasteiger partial charge in [-0.05, 0) is 35.8 Å². The Bertz CT molecular complexity index is 563. The zero-order chi connectivity index (χ0) is 13.2. The highest BCUT2D eigenvalue weighted by Gasteiger charge is 2.25. The summed E-state index contributed by atoms with van der Waals surface area (Å²) in [6.45, 7) is 2.94. The van der Waals surface area contributed by atoms with Crippen LogP contribution in [-0.4, -0.2) is 45.4 Å². The summed E-state index contributed by atoms with van der Waals surface area (Å²) in [6.07, 6.45) is 8.36. The molecule has 0 atom stereocenters. The second-order valence-corrected chi connectivity index (χ2v) is 5.89. The molecule has 2 heterocycles. The fourth-order valence-corrected chi connectivity index (χ4v) is 2.52. The van der Waals surface area contributed by atoms with Crippen LogP contribution < -0.4 is 5.32 Å². The maximum Gasteiger partial charge on any atom is 0.155 e. The van der Waals surface area contributed by atoms with Gasteiger partial charge in [0.05, 0.1) is 18.1 Å². The first-order valence-corrected chi connectivity index (χ1v) is 7.42. The monoisotopic (exact) mass is 323 g/mol. The summed E-state index contributed by atoms with van der Waals surface area (Å²) in [4.78, 5) is 10.9. The second-order valence-electron chi connectivity index (χ2n) is 5.08. The summed E-state index contributed by atoms with van der Waals surface area (Å²) in [7, 11) is 2.20. The van der Waals surface area contributed by atoms with Gasteiger partial charge in [0.15, 0.2) is 5.65 Å². The Morgan fingerprint density at radius 2 is 2.26 bits per heavy atom. The van der Waals surface area contributed by atoms with Crippen molar-refractivity contribution in [2.24, 2.45) is 0 Å². The number of rotatable bonds is 6. The van der Waals surface area contributed by atoms with Crippen molar-refractivity contribution >= 4 is 21.6 Å². The fourth-order valence-electron chi connectivity index (χ4n) is 2.22. The quantitative estimate of drug-likeness (QED) is 0.821. The van der Waals surface area contributed by atoms with Gasteiger partial charge in [0, 0.05) is 31.9 Å². The molecule has 0 bridgehead atoms. The zero-order valence-corrected chi connectivity index (χ0v) is 12.6. The molecule has 102 valence electrons. The van der Waals surface area contributed by atoms with E-state index in [9.17, 15) is 0 Å². The number of nitrogens with zero attached hydrogens (tertiary/aromatic N) is 4. The van der Waals surface area contributed by atoms with Crippen LogP contribution in [0.4, 0.5) is 0 Å². The third kappa shape index (κ3) is 3.13. The Labute approximate surface area is 121 Å². The molecule has 1 fully saturated rings. The predicted octanol–water partition coefficient (Wildman–Crippen LogP) is 1.68. The van der Waals surface area contributed by atoms with E-state index in [0.717, 1.165) is 41.6 Å². The van der Waals surface area contributed by atoms with Gasteiger partial charge in [-0.3, -0.25) is 4.40 Å². The van der Waals surface area contributed by atoms with E-state index in [1.54, 1.807) is 6.20 Å². The molecular weight excluding hydrogens is 306 g/mol. The van der Waals surface area contributed by atoms with Crippen molar-refractivity contribution in [2.75, 3.05) is 20.1 Å². The van der Waals surface area contributed by atoms with Crippen LogP contribution in [-0.2, 0) is 6.54 Å². The first kappa shape index (κ1) is 13.0. The Morgan fingerprint density at radius 3 is 3.05 bits per heavy atom. The van der Waals surface area contributed by atoms with Gasteiger partial charge < -0.3 is 10.2 Å². The average molecular weight is 324 g/mol. The van der Waals surface area contributed by atoms with Crippen LogP contribution in [0, 0.1) is 0 Å². The standard InChI is InChI=1S/C13H18BrN5/c1-18(10-2-3-10)5-4-15-6-11-7-17-13-8-16-12(14)9-19(11)13/h7-10,15H,2-6H2,1H3. The van der Waals surface area contributed by atoms with Gasteiger partial charge in [-0.1, -0.05) is 0 Å². The molecule has 1 aliphatic rings. The molecule has 0 saturated heterocycles. The smallest absolute Gasteiger partial charge is 0.155 e. The highest BCUT2D eigenvalue weighted by Crippen LogP contribution is 2.24. The Morgan fingerprint density at radius 1 is 1.42 bits per heavy atom. The van der Waals surface area contributed by atoms with Crippen molar-refractivity contribution in [3.8, 4) is 0 Å². The van der Waals surface area contributed by atoms with Crippen LogP contribution in [0.3, 0.4) is 0 Å². The van der Waals surface area contributed by atoms with Gasteiger partial charge in [0.25, 0.3) is 0 Å². The summed E-state index contributed by atoms with van der Waals surface area (Å²) in [5.74, 6) is 0. The topological polar surface area (TPSA) is 45.5 Å². The Balaban J connectivity index is 1.54. The maximum atomic E-state index is 4.34. The van der Waals surface area contributed by atoms with Gasteiger partial charge in [-0.25, -0.2) is 9.97 Å². The average Bonchev–Trinajstić information content (AvgIpc) is 3.18. The van der Waals surface area contributed by atoms with Gasteiger partial charge in [-0.2, -0.15) is 0 Å². The molecule has 1 saturated carbocycles. The molecule has 6 heteroatoms. The van der Waals surface area contributed by atoms with Gasteiger partial charge in [0.1, 0.15) is 4.60 Å². The molecule has 1 aliphatic carbocycles. The molecule has 0 aromatic carbocycles. The summed E-state index contributed by atoms with van der Waals surface area (Å²) >= 11 is 3.39. The molecule has 2 aromatic heterocycles. The predicted molar refractivity (Wildman–Crippen MR) is 78.0 cm³/mol. The lowest BCUT2D eigenvalue weighted by atomic mass is 10.4. The molecule has 1 N–H and O–H groups in total. The van der Waals surface area contributed by atoms with Gasteiger partial charge in [0.2, 0.25) is 0 Å². The van der Waals surface area contributed by atoms with Gasteiger partial charge >= 0.3 is 0 Å². The summed E-state index contributed by atoms with van der Waals surface area (Å²) in [5, 5.41) is 3.47. The van der Waals surface area contributed by atoms with E-state index < -0.39 is 0 Å². The lowest BCUT2D eigenvalue weighted by Gasteiger charge is -2.15. The van der Waals surface area contributed by atoms with E-state index in [-0.39, 0.29) is 0 Å². The third-order valence-electron chi connectivity index (χ3n) is 3.56. The summed E-state index contributed by atoms with van der Waals surface area (Å²) < 4.78 is 2.89. The number of likely N-dealkylation sites (N-methyl/N-ethyl adjacent to an activating group) is 1. The van der Waals surface area contributed by atoms with Crippen molar-refractivity contribution in [3.63, 3.8) is 0 Å². The van der Waals surface area contributed by atoms with Crippen LogP contribution >= 0.6 is 15.9 Å². The van der Waals surface area contributed by atoms with Crippen molar-refractivity contribution in [3.05, 3.63) is 28.9 Å². The minimum absolute atomic E-state index is 0.827. The molecule has 5 nitrogen and oxygen atoms in total. The van der Waals surface area contributed by atoms with Crippen LogP contribution in [0.25, 0.3) is 5.65 Å². The Kier molecular flexibility index (Phi) is 3.81. The number of imidazole rings is 1. The molecule has 0 aliphatic heterocycles. The number of hydrogen-bond donors (Lipinski definition) is 1. The molecule has 2 aromatic rings. The molecule has 0 amide bonds. The van der Waals surface area contributed by atoms with Crippen molar-refractivity contribution in [1.29, 1.82) is 0 Å². The van der Waals surface area contributed by atoms with Crippen LogP contribution in [0.2, 0.25) is 0 Å². The number of aromatic nitrogens is 3. The van der Waals surface area contributed by atoms with E-state index in [1.165, 1.54) is 12.8 Å². The summed E-state index contributed by atoms with van der Waals surface area (Å²) in [5.41, 5.74) is 2.04. The molecule has 19 heavy (non-hydrogen) atoms. The molecule has 0 radical (unpaired) electrons. The van der Waals surface area contributed by atoms with Crippen molar-refractivity contribution in [2.45, 2.75) is 25.4 Å². The minimum Gasteiger partial charge on any atom is -0.310 e. The van der Waals surface area contributed by atoms with Crippen LogP contribution in [0.1, 0.15) is 18.5 Å². The van der Waals surface area contributed by atoms with E-state index in [0.29, 0.717) is 0 Å². The number of nitrogens with one attached hydrogen (secondary N) is 1. The van der Waals surface area contributed by atoms with E-state index in [1.807, 2.05) is 12.4 Å². The highest BCUT2D eigenvalue weighted by molar-refractivity contribution is 9.10. The molecular formula is C13H18BrN5. The highest BCUT2D eigenvalue weighted by atomic mass is 79.9. The lowest BCUT2D eigenvalue weighted by Crippen LogP contribution is -2.30. The van der Waals surface area contributed by atoms with E-state index >= 15 is 0 Å². The largest absolute Gasteiger partial charge is 0.310 e. The van der Waals surface area contributed by atoms with Gasteiger partial charge in [-0.15, -0.1) is 0 Å². The summed E-state index contributed by atoms with van der Waals surface area (Å²) in [6, 6.07) is 0.833. The first-order chi connectivity index (χ1) is 9.24. The second kappa shape index (κ2) is 5.56. The number of hydrogen-bond acceptors (Lipinski definition) is 4. The van der Waals surface area contributed by atoms with Crippen LogP contribution in [0.5, 0.6) is 0 Å². The van der Waals surface area contributed by atoms with E-state index in [4.69, 9.17) is 0 Å². The van der Waals surface area contributed by atoms with Crippen molar-refractivity contribution in [1.82, 2.24) is 24.6 Å².